The predicted molar refractivity (Wildman–Crippen MR) is 102 cm³/mol. The van der Waals surface area contributed by atoms with Crippen LogP contribution in [0.15, 0.2) is 12.5 Å². The minimum absolute atomic E-state index is 0.277. The highest BCUT2D eigenvalue weighted by Gasteiger charge is 2.24. The van der Waals surface area contributed by atoms with Gasteiger partial charge in [-0.15, -0.1) is 0 Å². The number of nitrogens with zero attached hydrogens (tertiary/aromatic N) is 1. The Morgan fingerprint density at radius 2 is 2.00 bits per heavy atom. The molecule has 0 bridgehead atoms. The smallest absolute Gasteiger partial charge is 0.407 e. The quantitative estimate of drug-likeness (QED) is 0.334. The molecule has 2 atom stereocenters. The van der Waals surface area contributed by atoms with Crippen LogP contribution >= 0.6 is 0 Å². The Balaban J connectivity index is 2.39. The van der Waals surface area contributed by atoms with Gasteiger partial charge in [0.15, 0.2) is 0 Å². The van der Waals surface area contributed by atoms with Crippen molar-refractivity contribution in [3.63, 3.8) is 0 Å². The number of nitrogens with one attached hydrogen (secondary N) is 3. The molecular formula is C18H31N5O5. The first-order valence-corrected chi connectivity index (χ1v) is 9.20. The highest BCUT2D eigenvalue weighted by Crippen LogP contribution is 2.07. The number of methoxy groups -OCH3 is 1. The predicted octanol–water partition coefficient (Wildman–Crippen LogP) is 0.632. The van der Waals surface area contributed by atoms with Gasteiger partial charge in [0.05, 0.1) is 19.5 Å². The van der Waals surface area contributed by atoms with Crippen molar-refractivity contribution in [3.8, 4) is 0 Å². The zero-order valence-electron chi connectivity index (χ0n) is 16.9. The topological polar surface area (TPSA) is 148 Å². The average molecular weight is 397 g/mol. The zero-order valence-corrected chi connectivity index (χ0v) is 16.9. The summed E-state index contributed by atoms with van der Waals surface area (Å²) in [5, 5.41) is 5.27. The molecule has 0 fully saturated rings. The molecule has 10 heteroatoms. The van der Waals surface area contributed by atoms with Crippen LogP contribution in [0.25, 0.3) is 0 Å². The van der Waals surface area contributed by atoms with Crippen molar-refractivity contribution >= 4 is 18.0 Å². The summed E-state index contributed by atoms with van der Waals surface area (Å²) in [6, 6.07) is -1.62. The number of aromatic nitrogens is 2. The first-order valence-electron chi connectivity index (χ1n) is 9.20. The van der Waals surface area contributed by atoms with Gasteiger partial charge in [-0.05, 0) is 40.0 Å². The lowest BCUT2D eigenvalue weighted by Gasteiger charge is -2.20. The minimum atomic E-state index is -0.818. The van der Waals surface area contributed by atoms with Crippen LogP contribution in [0.1, 0.15) is 45.7 Å². The molecule has 0 aliphatic carbocycles. The summed E-state index contributed by atoms with van der Waals surface area (Å²) in [6.45, 7) is 5.75. The second kappa shape index (κ2) is 11.3. The lowest BCUT2D eigenvalue weighted by molar-refractivity contribution is -0.145. The summed E-state index contributed by atoms with van der Waals surface area (Å²) in [4.78, 5) is 42.5. The van der Waals surface area contributed by atoms with E-state index in [-0.39, 0.29) is 6.42 Å². The largest absolute Gasteiger partial charge is 0.467 e. The SMILES string of the molecule is COC(=O)[C@H](CCCCNC(=O)OC(C)(C)C)NC(=O)[C@@H](N)Cc1cnc[nH]1. The summed E-state index contributed by atoms with van der Waals surface area (Å²) in [6.07, 6.45) is 4.44. The van der Waals surface area contributed by atoms with Crippen molar-refractivity contribution in [1.82, 2.24) is 20.6 Å². The summed E-state index contributed by atoms with van der Waals surface area (Å²) in [5.41, 5.74) is 6.06. The number of alkyl carbamates (subject to hydrolysis) is 1. The van der Waals surface area contributed by atoms with Crippen molar-refractivity contribution in [2.75, 3.05) is 13.7 Å². The minimum Gasteiger partial charge on any atom is -0.467 e. The van der Waals surface area contributed by atoms with Crippen molar-refractivity contribution in [3.05, 3.63) is 18.2 Å². The van der Waals surface area contributed by atoms with E-state index in [9.17, 15) is 14.4 Å². The fourth-order valence-corrected chi connectivity index (χ4v) is 2.37. The first-order chi connectivity index (χ1) is 13.1. The molecule has 28 heavy (non-hydrogen) atoms. The number of H-pyrrole nitrogens is 1. The van der Waals surface area contributed by atoms with Crippen molar-refractivity contribution in [2.45, 2.75) is 64.1 Å². The third kappa shape index (κ3) is 9.36. The third-order valence-corrected chi connectivity index (χ3v) is 3.72. The van der Waals surface area contributed by atoms with Crippen LogP contribution in [0.3, 0.4) is 0 Å². The molecule has 0 aliphatic heterocycles. The number of aromatic amines is 1. The number of imidazole rings is 1. The van der Waals surface area contributed by atoms with Crippen LogP contribution in [-0.4, -0.2) is 59.3 Å². The van der Waals surface area contributed by atoms with Gasteiger partial charge >= 0.3 is 12.1 Å². The molecule has 5 N–H and O–H groups in total. The maximum Gasteiger partial charge on any atom is 0.407 e. The molecule has 10 nitrogen and oxygen atoms in total. The number of nitrogens with two attached hydrogens (primary N) is 1. The van der Waals surface area contributed by atoms with Gasteiger partial charge < -0.3 is 30.8 Å². The number of carbonyl (C=O) groups is 3. The van der Waals surface area contributed by atoms with Gasteiger partial charge in [-0.2, -0.15) is 0 Å². The molecule has 0 unspecified atom stereocenters. The Bertz CT molecular complexity index is 627. The molecule has 158 valence electrons. The lowest BCUT2D eigenvalue weighted by atomic mass is 10.1. The number of rotatable bonds is 10. The maximum absolute atomic E-state index is 12.3. The third-order valence-electron chi connectivity index (χ3n) is 3.72. The highest BCUT2D eigenvalue weighted by molar-refractivity contribution is 5.87. The number of hydrogen-bond acceptors (Lipinski definition) is 7. The van der Waals surface area contributed by atoms with Crippen LogP contribution in [-0.2, 0) is 25.5 Å². The number of carbonyl (C=O) groups excluding carboxylic acids is 3. The Labute approximate surface area is 164 Å². The van der Waals surface area contributed by atoms with Gasteiger partial charge in [-0.3, -0.25) is 4.79 Å². The van der Waals surface area contributed by atoms with Crippen LogP contribution in [0.4, 0.5) is 4.79 Å². The van der Waals surface area contributed by atoms with E-state index in [1.54, 1.807) is 27.0 Å². The summed E-state index contributed by atoms with van der Waals surface area (Å²) in [5.74, 6) is -0.987. The molecule has 0 aliphatic rings. The number of ether oxygens (including phenoxy) is 2. The number of esters is 1. The van der Waals surface area contributed by atoms with E-state index in [4.69, 9.17) is 15.2 Å². The van der Waals surface area contributed by atoms with Crippen LogP contribution < -0.4 is 16.4 Å². The molecule has 1 heterocycles. The van der Waals surface area contributed by atoms with Crippen molar-refractivity contribution < 1.29 is 23.9 Å². The van der Waals surface area contributed by atoms with Gasteiger partial charge in [-0.25, -0.2) is 14.6 Å². The van der Waals surface area contributed by atoms with Crippen molar-refractivity contribution in [2.24, 2.45) is 5.73 Å². The molecule has 0 saturated carbocycles. The highest BCUT2D eigenvalue weighted by atomic mass is 16.6. The summed E-state index contributed by atoms with van der Waals surface area (Å²) < 4.78 is 9.89. The number of unbranched alkanes of at least 4 members (excludes halogenated alkanes) is 1. The summed E-state index contributed by atoms with van der Waals surface area (Å²) in [7, 11) is 1.26. The molecule has 2 amide bonds. The maximum atomic E-state index is 12.3. The van der Waals surface area contributed by atoms with Gasteiger partial charge in [0.1, 0.15) is 11.6 Å². The Hall–Kier alpha value is -2.62. The molecule has 1 aromatic heterocycles. The number of hydrogen-bond donors (Lipinski definition) is 4. The molecule has 0 saturated heterocycles. The second-order valence-corrected chi connectivity index (χ2v) is 7.40. The molecule has 1 rings (SSSR count). The fraction of sp³-hybridized carbons (Fsp3) is 0.667. The number of amides is 2. The van der Waals surface area contributed by atoms with Gasteiger partial charge in [0.2, 0.25) is 5.91 Å². The van der Waals surface area contributed by atoms with Gasteiger partial charge in [-0.1, -0.05) is 0 Å². The Morgan fingerprint density at radius 1 is 1.29 bits per heavy atom. The molecule has 0 radical (unpaired) electrons. The molecule has 0 aromatic carbocycles. The van der Waals surface area contributed by atoms with Gasteiger partial charge in [0.25, 0.3) is 0 Å². The average Bonchev–Trinajstić information content (AvgIpc) is 3.10. The zero-order chi connectivity index (χ0) is 21.2. The lowest BCUT2D eigenvalue weighted by Crippen LogP contribution is -2.49. The standard InChI is InChI=1S/C18H31N5O5/c1-18(2,3)28-17(26)21-8-6-5-7-14(16(25)27-4)23-15(24)13(19)9-12-10-20-11-22-12/h10-11,13-14H,5-9,19H2,1-4H3,(H,20,22)(H,21,26)(H,23,24)/t13-,14-/m0/s1. The van der Waals surface area contributed by atoms with E-state index in [2.05, 4.69) is 20.6 Å². The summed E-state index contributed by atoms with van der Waals surface area (Å²) >= 11 is 0. The Kier molecular flexibility index (Phi) is 9.43. The van der Waals surface area contributed by atoms with E-state index >= 15 is 0 Å². The Morgan fingerprint density at radius 3 is 2.57 bits per heavy atom. The van der Waals surface area contributed by atoms with Crippen molar-refractivity contribution in [1.29, 1.82) is 0 Å². The van der Waals surface area contributed by atoms with Crippen LogP contribution in [0, 0.1) is 0 Å². The normalized spacial score (nSPS) is 13.3. The van der Waals surface area contributed by atoms with E-state index < -0.39 is 35.7 Å². The monoisotopic (exact) mass is 397 g/mol. The first kappa shape index (κ1) is 23.4. The molecule has 0 spiro atoms. The van der Waals surface area contributed by atoms with Gasteiger partial charge in [0, 0.05) is 24.9 Å². The second-order valence-electron chi connectivity index (χ2n) is 7.40. The van der Waals surface area contributed by atoms with E-state index in [1.165, 1.54) is 13.4 Å². The molecule has 1 aromatic rings. The van der Waals surface area contributed by atoms with E-state index in [0.717, 1.165) is 5.69 Å². The van der Waals surface area contributed by atoms with Crippen LogP contribution in [0.2, 0.25) is 0 Å². The van der Waals surface area contributed by atoms with E-state index in [1.807, 2.05) is 0 Å². The fourth-order valence-electron chi connectivity index (χ4n) is 2.37. The molecular weight excluding hydrogens is 366 g/mol. The van der Waals surface area contributed by atoms with Crippen LogP contribution in [0.5, 0.6) is 0 Å². The van der Waals surface area contributed by atoms with E-state index in [0.29, 0.717) is 25.8 Å².